The molecule has 0 aliphatic carbocycles. The van der Waals surface area contributed by atoms with Crippen molar-refractivity contribution in [3.05, 3.63) is 65.9 Å². The summed E-state index contributed by atoms with van der Waals surface area (Å²) in [5.74, 6) is 0.150. The lowest BCUT2D eigenvalue weighted by atomic mass is 10.0. The molecule has 3 rings (SSSR count). The van der Waals surface area contributed by atoms with Gasteiger partial charge in [-0.05, 0) is 36.4 Å². The molecular weight excluding hydrogens is 403 g/mol. The van der Waals surface area contributed by atoms with Crippen LogP contribution in [0.1, 0.15) is 33.7 Å². The number of nitrogens with zero attached hydrogens (tertiary/aromatic N) is 2. The van der Waals surface area contributed by atoms with E-state index in [1.165, 1.54) is 39.7 Å². The lowest BCUT2D eigenvalue weighted by molar-refractivity contribution is 0.0915. The minimum atomic E-state index is -0.668. The summed E-state index contributed by atoms with van der Waals surface area (Å²) in [6.45, 7) is 0. The monoisotopic (exact) mass is 424 g/mol. The molecule has 0 amide bonds. The molecule has 31 heavy (non-hydrogen) atoms. The van der Waals surface area contributed by atoms with Crippen LogP contribution in [0.2, 0.25) is 0 Å². The van der Waals surface area contributed by atoms with Crippen molar-refractivity contribution in [1.82, 2.24) is 9.97 Å². The summed E-state index contributed by atoms with van der Waals surface area (Å²) in [6, 6.07) is 10.7. The molecule has 0 spiro atoms. The molecular formula is C23H21FN2O5. The lowest BCUT2D eigenvalue weighted by Gasteiger charge is -2.10. The summed E-state index contributed by atoms with van der Waals surface area (Å²) < 4.78 is 29.2. The Hall–Kier alpha value is -3.81. The zero-order valence-electron chi connectivity index (χ0n) is 17.3. The number of pyridine rings is 2. The fourth-order valence-corrected chi connectivity index (χ4v) is 3.03. The quantitative estimate of drug-likeness (QED) is 0.377. The second kappa shape index (κ2) is 9.80. The van der Waals surface area contributed by atoms with Crippen LogP contribution in [0.5, 0.6) is 17.2 Å². The number of carbonyl (C=O) groups is 2. The van der Waals surface area contributed by atoms with Crippen LogP contribution in [0.3, 0.4) is 0 Å². The molecule has 0 atom stereocenters. The van der Waals surface area contributed by atoms with Gasteiger partial charge in [-0.15, -0.1) is 0 Å². The molecule has 0 radical (unpaired) electrons. The number of carbonyl (C=O) groups excluding carboxylic acids is 2. The van der Waals surface area contributed by atoms with Gasteiger partial charge in [0.2, 0.25) is 5.95 Å². The van der Waals surface area contributed by atoms with Crippen LogP contribution in [0.25, 0.3) is 11.3 Å². The Kier molecular flexibility index (Phi) is 6.92. The van der Waals surface area contributed by atoms with Crippen molar-refractivity contribution in [2.45, 2.75) is 12.8 Å². The summed E-state index contributed by atoms with van der Waals surface area (Å²) in [5.41, 5.74) is 1.33. The van der Waals surface area contributed by atoms with Crippen molar-refractivity contribution < 1.29 is 28.2 Å². The Morgan fingerprint density at radius 2 is 1.52 bits per heavy atom. The smallest absolute Gasteiger partial charge is 0.213 e. The highest BCUT2D eigenvalue weighted by Gasteiger charge is 2.17. The normalized spacial score (nSPS) is 10.5. The molecule has 0 unspecified atom stereocenters. The molecule has 0 N–H and O–H groups in total. The second-order valence-electron chi connectivity index (χ2n) is 6.53. The van der Waals surface area contributed by atoms with E-state index in [1.54, 1.807) is 30.3 Å². The molecule has 2 heterocycles. The number of ether oxygens (including phenoxy) is 3. The van der Waals surface area contributed by atoms with Crippen LogP contribution in [0.15, 0.2) is 48.7 Å². The van der Waals surface area contributed by atoms with E-state index in [0.29, 0.717) is 34.1 Å². The molecule has 0 saturated heterocycles. The third-order valence-electron chi connectivity index (χ3n) is 4.65. The molecule has 2 aromatic heterocycles. The summed E-state index contributed by atoms with van der Waals surface area (Å²) in [5, 5.41) is 0. The maximum atomic E-state index is 13.5. The van der Waals surface area contributed by atoms with Gasteiger partial charge in [0.1, 0.15) is 17.1 Å². The molecule has 3 aromatic rings. The number of hydrogen-bond donors (Lipinski definition) is 0. The summed E-state index contributed by atoms with van der Waals surface area (Å²) in [6.07, 6.45) is 1.28. The molecule has 0 aliphatic rings. The standard InChI is InChI=1S/C23H21FN2O5/c1-29-19-8-4-14(12-21(19)31-3)17(27)6-7-18(28)16-5-9-20(30-2)23(26-16)15-10-11-25-22(24)13-15/h4-5,8-13H,6-7H2,1-3H3. The molecule has 1 aromatic carbocycles. The third-order valence-corrected chi connectivity index (χ3v) is 4.65. The predicted molar refractivity (Wildman–Crippen MR) is 111 cm³/mol. The van der Waals surface area contributed by atoms with Crippen molar-refractivity contribution in [2.24, 2.45) is 0 Å². The van der Waals surface area contributed by atoms with Gasteiger partial charge >= 0.3 is 0 Å². The minimum Gasteiger partial charge on any atom is -0.494 e. The highest BCUT2D eigenvalue weighted by atomic mass is 19.1. The Bertz CT molecular complexity index is 1120. The number of rotatable bonds is 9. The Labute approximate surface area is 178 Å². The van der Waals surface area contributed by atoms with Gasteiger partial charge in [-0.1, -0.05) is 0 Å². The molecule has 0 fully saturated rings. The number of aromatic nitrogens is 2. The number of methoxy groups -OCH3 is 3. The minimum absolute atomic E-state index is 0.00123. The topological polar surface area (TPSA) is 87.6 Å². The van der Waals surface area contributed by atoms with Crippen LogP contribution >= 0.6 is 0 Å². The second-order valence-corrected chi connectivity index (χ2v) is 6.53. The molecule has 0 aliphatic heterocycles. The number of hydrogen-bond acceptors (Lipinski definition) is 7. The first-order chi connectivity index (χ1) is 15.0. The predicted octanol–water partition coefficient (Wildman–Crippen LogP) is 4.15. The van der Waals surface area contributed by atoms with E-state index in [-0.39, 0.29) is 30.1 Å². The van der Waals surface area contributed by atoms with Gasteiger partial charge in [0.15, 0.2) is 23.1 Å². The maximum Gasteiger partial charge on any atom is 0.213 e. The molecule has 7 nitrogen and oxygen atoms in total. The maximum absolute atomic E-state index is 13.5. The van der Waals surface area contributed by atoms with Crippen molar-refractivity contribution >= 4 is 11.6 Å². The van der Waals surface area contributed by atoms with Gasteiger partial charge in [-0.25, -0.2) is 9.97 Å². The van der Waals surface area contributed by atoms with Crippen molar-refractivity contribution in [2.75, 3.05) is 21.3 Å². The Morgan fingerprint density at radius 3 is 2.19 bits per heavy atom. The van der Waals surface area contributed by atoms with Crippen LogP contribution in [-0.2, 0) is 0 Å². The lowest BCUT2D eigenvalue weighted by Crippen LogP contribution is -2.08. The van der Waals surface area contributed by atoms with Crippen LogP contribution in [-0.4, -0.2) is 42.9 Å². The van der Waals surface area contributed by atoms with E-state index in [0.717, 1.165) is 0 Å². The zero-order valence-corrected chi connectivity index (χ0v) is 17.3. The highest BCUT2D eigenvalue weighted by molar-refractivity contribution is 6.02. The molecule has 0 bridgehead atoms. The van der Waals surface area contributed by atoms with Gasteiger partial charge in [-0.2, -0.15) is 4.39 Å². The Morgan fingerprint density at radius 1 is 0.839 bits per heavy atom. The first-order valence-electron chi connectivity index (χ1n) is 9.42. The first-order valence-corrected chi connectivity index (χ1v) is 9.42. The van der Waals surface area contributed by atoms with Gasteiger partial charge in [0.05, 0.1) is 21.3 Å². The highest BCUT2D eigenvalue weighted by Crippen LogP contribution is 2.30. The zero-order chi connectivity index (χ0) is 22.4. The summed E-state index contributed by atoms with van der Waals surface area (Å²) >= 11 is 0. The van der Waals surface area contributed by atoms with Gasteiger partial charge in [0, 0.05) is 36.2 Å². The van der Waals surface area contributed by atoms with E-state index >= 15 is 0 Å². The van der Waals surface area contributed by atoms with E-state index in [9.17, 15) is 14.0 Å². The molecule has 8 heteroatoms. The van der Waals surface area contributed by atoms with Crippen molar-refractivity contribution in [1.29, 1.82) is 0 Å². The van der Waals surface area contributed by atoms with Crippen LogP contribution in [0.4, 0.5) is 4.39 Å². The largest absolute Gasteiger partial charge is 0.494 e. The third kappa shape index (κ3) is 5.03. The molecule has 0 saturated carbocycles. The average molecular weight is 424 g/mol. The average Bonchev–Trinajstić information content (AvgIpc) is 2.81. The molecule has 160 valence electrons. The number of Topliss-reactive ketones (excluding diaryl/α,β-unsaturated/α-hetero) is 2. The SMILES string of the molecule is COc1ccc(C(=O)CCC(=O)c2ccc(OC)c(-c3ccnc(F)c3)n2)cc1OC. The van der Waals surface area contributed by atoms with Gasteiger partial charge < -0.3 is 14.2 Å². The fraction of sp³-hybridized carbons (Fsp3) is 0.217. The van der Waals surface area contributed by atoms with Gasteiger partial charge in [-0.3, -0.25) is 9.59 Å². The van der Waals surface area contributed by atoms with Crippen molar-refractivity contribution in [3.63, 3.8) is 0 Å². The number of ketones is 2. The summed E-state index contributed by atoms with van der Waals surface area (Å²) in [7, 11) is 4.45. The van der Waals surface area contributed by atoms with Crippen LogP contribution < -0.4 is 14.2 Å². The van der Waals surface area contributed by atoms with E-state index in [2.05, 4.69) is 9.97 Å². The summed E-state index contributed by atoms with van der Waals surface area (Å²) in [4.78, 5) is 33.1. The Balaban J connectivity index is 1.76. The van der Waals surface area contributed by atoms with Gasteiger partial charge in [0.25, 0.3) is 0 Å². The van der Waals surface area contributed by atoms with E-state index < -0.39 is 5.95 Å². The first kappa shape index (κ1) is 21.9. The van der Waals surface area contributed by atoms with E-state index in [1.807, 2.05) is 0 Å². The van der Waals surface area contributed by atoms with Crippen LogP contribution in [0, 0.1) is 5.95 Å². The number of halogens is 1. The van der Waals surface area contributed by atoms with E-state index in [4.69, 9.17) is 14.2 Å². The fourth-order valence-electron chi connectivity index (χ4n) is 3.03. The van der Waals surface area contributed by atoms with Crippen molar-refractivity contribution in [3.8, 4) is 28.5 Å². The number of benzene rings is 1.